The van der Waals surface area contributed by atoms with Crippen molar-refractivity contribution < 1.29 is 8.78 Å². The Bertz CT molecular complexity index is 674. The van der Waals surface area contributed by atoms with E-state index >= 15 is 0 Å². The van der Waals surface area contributed by atoms with Crippen molar-refractivity contribution in [2.75, 3.05) is 0 Å². The maximum absolute atomic E-state index is 13.9. The van der Waals surface area contributed by atoms with Gasteiger partial charge in [-0.3, -0.25) is 4.99 Å². The fourth-order valence-corrected chi connectivity index (χ4v) is 3.03. The lowest BCUT2D eigenvalue weighted by atomic mass is 9.93. The second kappa shape index (κ2) is 5.68. The summed E-state index contributed by atoms with van der Waals surface area (Å²) in [6, 6.07) is 11.8. The lowest BCUT2D eigenvalue weighted by molar-refractivity contribution is 0.525. The predicted molar refractivity (Wildman–Crippen MR) is 83.6 cm³/mol. The first-order valence-electron chi connectivity index (χ1n) is 6.83. The predicted octanol–water partition coefficient (Wildman–Crippen LogP) is 5.30. The topological polar surface area (TPSA) is 12.4 Å². The van der Waals surface area contributed by atoms with E-state index in [2.05, 4.69) is 27.8 Å². The van der Waals surface area contributed by atoms with Gasteiger partial charge < -0.3 is 0 Å². The zero-order chi connectivity index (χ0) is 15.0. The standard InChI is InChI=1S/C17H14BrF2N/c1-10-9-15(16-13(19)3-2-4-14(16)20)21-17(10)11-5-7-12(18)8-6-11/h2-8,10,17H,9H2,1H3. The normalized spacial score (nSPS) is 21.4. The van der Waals surface area contributed by atoms with Gasteiger partial charge in [0.25, 0.3) is 0 Å². The van der Waals surface area contributed by atoms with Crippen LogP contribution in [0.4, 0.5) is 8.78 Å². The Kier molecular flexibility index (Phi) is 3.89. The number of aliphatic imine (C=N–C) groups is 1. The van der Waals surface area contributed by atoms with E-state index in [1.807, 2.05) is 24.3 Å². The Morgan fingerprint density at radius 2 is 1.67 bits per heavy atom. The molecule has 0 amide bonds. The van der Waals surface area contributed by atoms with E-state index in [0.717, 1.165) is 10.0 Å². The molecule has 4 heteroatoms. The minimum absolute atomic E-state index is 0.0176. The first-order chi connectivity index (χ1) is 10.1. The van der Waals surface area contributed by atoms with Crippen LogP contribution in [0, 0.1) is 17.6 Å². The quantitative estimate of drug-likeness (QED) is 0.697. The Labute approximate surface area is 130 Å². The fraction of sp³-hybridized carbons (Fsp3) is 0.235. The summed E-state index contributed by atoms with van der Waals surface area (Å²) in [6.07, 6.45) is 0.582. The van der Waals surface area contributed by atoms with E-state index in [9.17, 15) is 8.78 Å². The van der Waals surface area contributed by atoms with E-state index < -0.39 is 11.6 Å². The van der Waals surface area contributed by atoms with Crippen LogP contribution >= 0.6 is 15.9 Å². The summed E-state index contributed by atoms with van der Waals surface area (Å²) in [5.74, 6) is -0.866. The van der Waals surface area contributed by atoms with Crippen molar-refractivity contribution in [3.63, 3.8) is 0 Å². The molecule has 21 heavy (non-hydrogen) atoms. The van der Waals surface area contributed by atoms with Crippen LogP contribution in [0.25, 0.3) is 0 Å². The van der Waals surface area contributed by atoms with Gasteiger partial charge in [-0.05, 0) is 42.2 Å². The summed E-state index contributed by atoms with van der Waals surface area (Å²) >= 11 is 3.40. The van der Waals surface area contributed by atoms with E-state index in [1.165, 1.54) is 18.2 Å². The van der Waals surface area contributed by atoms with Crippen LogP contribution in [-0.4, -0.2) is 5.71 Å². The highest BCUT2D eigenvalue weighted by molar-refractivity contribution is 9.10. The Morgan fingerprint density at radius 3 is 2.29 bits per heavy atom. The number of nitrogens with zero attached hydrogens (tertiary/aromatic N) is 1. The van der Waals surface area contributed by atoms with Crippen molar-refractivity contribution in [1.82, 2.24) is 0 Å². The molecule has 1 aliphatic rings. The number of hydrogen-bond donors (Lipinski definition) is 0. The third-order valence-corrected chi connectivity index (χ3v) is 4.34. The van der Waals surface area contributed by atoms with Crippen molar-refractivity contribution in [3.05, 3.63) is 69.7 Å². The van der Waals surface area contributed by atoms with E-state index in [1.54, 1.807) is 0 Å². The maximum atomic E-state index is 13.9. The van der Waals surface area contributed by atoms with E-state index in [-0.39, 0.29) is 17.5 Å². The van der Waals surface area contributed by atoms with Crippen molar-refractivity contribution in [1.29, 1.82) is 0 Å². The number of halogens is 3. The first-order valence-corrected chi connectivity index (χ1v) is 7.62. The van der Waals surface area contributed by atoms with Gasteiger partial charge in [0.1, 0.15) is 11.6 Å². The molecular formula is C17H14BrF2N. The van der Waals surface area contributed by atoms with Crippen LogP contribution in [0.2, 0.25) is 0 Å². The van der Waals surface area contributed by atoms with Gasteiger partial charge in [0.2, 0.25) is 0 Å². The van der Waals surface area contributed by atoms with Crippen LogP contribution < -0.4 is 0 Å². The first kappa shape index (κ1) is 14.4. The van der Waals surface area contributed by atoms with Crippen molar-refractivity contribution in [2.24, 2.45) is 10.9 Å². The molecule has 2 aromatic rings. The van der Waals surface area contributed by atoms with Gasteiger partial charge >= 0.3 is 0 Å². The number of benzene rings is 2. The molecule has 0 spiro atoms. The Morgan fingerprint density at radius 1 is 1.05 bits per heavy atom. The van der Waals surface area contributed by atoms with Gasteiger partial charge in [-0.25, -0.2) is 8.78 Å². The highest BCUT2D eigenvalue weighted by Crippen LogP contribution is 2.37. The van der Waals surface area contributed by atoms with Crippen molar-refractivity contribution in [2.45, 2.75) is 19.4 Å². The smallest absolute Gasteiger partial charge is 0.135 e. The molecule has 0 saturated carbocycles. The molecular weight excluding hydrogens is 336 g/mol. The molecule has 108 valence electrons. The Hall–Kier alpha value is -1.55. The van der Waals surface area contributed by atoms with Gasteiger partial charge in [-0.1, -0.05) is 41.1 Å². The average molecular weight is 350 g/mol. The summed E-state index contributed by atoms with van der Waals surface area (Å²) in [7, 11) is 0. The maximum Gasteiger partial charge on any atom is 0.135 e. The van der Waals surface area contributed by atoms with Gasteiger partial charge in [0.05, 0.1) is 11.6 Å². The highest BCUT2D eigenvalue weighted by atomic mass is 79.9. The minimum Gasteiger partial charge on any atom is -0.281 e. The van der Waals surface area contributed by atoms with Crippen molar-refractivity contribution >= 4 is 21.6 Å². The second-order valence-corrected chi connectivity index (χ2v) is 6.27. The number of rotatable bonds is 2. The molecule has 0 N–H and O–H groups in total. The third kappa shape index (κ3) is 2.77. The van der Waals surface area contributed by atoms with E-state index in [4.69, 9.17) is 0 Å². The number of hydrogen-bond acceptors (Lipinski definition) is 1. The van der Waals surface area contributed by atoms with Crippen LogP contribution in [0.3, 0.4) is 0 Å². The summed E-state index contributed by atoms with van der Waals surface area (Å²) < 4.78 is 28.8. The molecule has 2 atom stereocenters. The summed E-state index contributed by atoms with van der Waals surface area (Å²) in [5, 5.41) is 0. The molecule has 0 aliphatic carbocycles. The van der Waals surface area contributed by atoms with Gasteiger partial charge in [-0.2, -0.15) is 0 Å². The average Bonchev–Trinajstić information content (AvgIpc) is 2.81. The zero-order valence-corrected chi connectivity index (χ0v) is 13.1. The molecule has 3 rings (SSSR count). The van der Waals surface area contributed by atoms with Gasteiger partial charge in [0.15, 0.2) is 0 Å². The van der Waals surface area contributed by atoms with Crippen LogP contribution in [0.1, 0.15) is 30.5 Å². The van der Waals surface area contributed by atoms with Gasteiger partial charge in [-0.15, -0.1) is 0 Å². The van der Waals surface area contributed by atoms with Crippen LogP contribution in [0.5, 0.6) is 0 Å². The summed E-state index contributed by atoms with van der Waals surface area (Å²) in [4.78, 5) is 4.58. The van der Waals surface area contributed by atoms with E-state index in [0.29, 0.717) is 12.1 Å². The minimum atomic E-state index is -0.544. The molecule has 1 heterocycles. The molecule has 0 saturated heterocycles. The lowest BCUT2D eigenvalue weighted by Gasteiger charge is -2.13. The highest BCUT2D eigenvalue weighted by Gasteiger charge is 2.30. The molecule has 1 aliphatic heterocycles. The largest absolute Gasteiger partial charge is 0.281 e. The SMILES string of the molecule is CC1CC(c2c(F)cccc2F)=NC1c1ccc(Br)cc1. The second-order valence-electron chi connectivity index (χ2n) is 5.35. The molecule has 2 unspecified atom stereocenters. The van der Waals surface area contributed by atoms with Crippen molar-refractivity contribution in [3.8, 4) is 0 Å². The molecule has 0 aromatic heterocycles. The van der Waals surface area contributed by atoms with Gasteiger partial charge in [0, 0.05) is 10.2 Å². The molecule has 2 aromatic carbocycles. The fourth-order valence-electron chi connectivity index (χ4n) is 2.77. The molecule has 0 bridgehead atoms. The Balaban J connectivity index is 1.99. The van der Waals surface area contributed by atoms with Crippen LogP contribution in [-0.2, 0) is 0 Å². The summed E-state index contributed by atoms with van der Waals surface area (Å²) in [6.45, 7) is 2.06. The lowest BCUT2D eigenvalue weighted by Crippen LogP contribution is -2.06. The molecule has 0 fully saturated rings. The molecule has 0 radical (unpaired) electrons. The third-order valence-electron chi connectivity index (χ3n) is 3.81. The van der Waals surface area contributed by atoms with Crippen LogP contribution in [0.15, 0.2) is 51.9 Å². The monoisotopic (exact) mass is 349 g/mol. The zero-order valence-electron chi connectivity index (χ0n) is 11.5. The molecule has 1 nitrogen and oxygen atoms in total. The summed E-state index contributed by atoms with van der Waals surface area (Å²) in [5.41, 5.74) is 1.60.